The Labute approximate surface area is 141 Å². The maximum Gasteiger partial charge on any atom is 2.00 e. The molecule has 0 rings (SSSR count). The van der Waals surface area contributed by atoms with Crippen LogP contribution in [0.15, 0.2) is 0 Å². The van der Waals surface area contributed by atoms with E-state index in [9.17, 15) is 0 Å². The van der Waals surface area contributed by atoms with Crippen molar-refractivity contribution in [2.45, 2.75) is 0 Å². The molecule has 0 nitrogen and oxygen atoms in total. The Hall–Kier alpha value is 4.45. The standard InChI is InChI=1S/Al.Ca.Cr.K.Ni.3H/q;+2;;+1;;3*-1. The maximum atomic E-state index is 0. The first-order valence-electron chi connectivity index (χ1n) is 0. The smallest absolute Gasteiger partial charge is 1.00 e. The Balaban J connectivity index is 0. The molecule has 0 unspecified atom stereocenters. The molecule has 5 heteroatoms. The Bertz CT molecular complexity index is 19.2. The fourth-order valence-electron chi connectivity index (χ4n) is 0. The molecular weight excluding hydrogens is 217 g/mol. The first kappa shape index (κ1) is 34.1. The van der Waals surface area contributed by atoms with Gasteiger partial charge in [-0.2, -0.15) is 0 Å². The van der Waals surface area contributed by atoms with Gasteiger partial charge in [0, 0.05) is 51.2 Å². The van der Waals surface area contributed by atoms with Gasteiger partial charge in [0.15, 0.2) is 0 Å². The van der Waals surface area contributed by atoms with Gasteiger partial charge in [-0.05, 0) is 0 Å². The number of hydrogen-bond acceptors (Lipinski definition) is 0. The molecule has 0 amide bonds. The van der Waals surface area contributed by atoms with Gasteiger partial charge >= 0.3 is 89.1 Å². The summed E-state index contributed by atoms with van der Waals surface area (Å²) in [5, 5.41) is 0. The summed E-state index contributed by atoms with van der Waals surface area (Å²) in [7, 11) is 0. The van der Waals surface area contributed by atoms with E-state index in [-0.39, 0.29) is 145 Å². The largest absolute Gasteiger partial charge is 2.00 e. The predicted molar refractivity (Wildman–Crippen MR) is 14.8 cm³/mol. The van der Waals surface area contributed by atoms with E-state index in [1.165, 1.54) is 0 Å². The first-order valence-corrected chi connectivity index (χ1v) is 0. The summed E-state index contributed by atoms with van der Waals surface area (Å²) in [4.78, 5) is 0. The molecule has 0 aliphatic heterocycles. The van der Waals surface area contributed by atoms with Crippen molar-refractivity contribution in [2.75, 3.05) is 0 Å². The average molecular weight is 220 g/mol. The SMILES string of the molecule is [Al].[Ca+2].[Cr].[H-].[H-].[H-].[K+].[Ni]. The van der Waals surface area contributed by atoms with Crippen LogP contribution in [-0.4, -0.2) is 55.1 Å². The molecular formula is H3AlCaCrKNi. The molecule has 0 saturated heterocycles. The van der Waals surface area contributed by atoms with Crippen LogP contribution >= 0.6 is 0 Å². The molecule has 0 aliphatic rings. The molecule has 0 aromatic rings. The Morgan fingerprint density at radius 1 is 1.20 bits per heavy atom. The van der Waals surface area contributed by atoms with E-state index in [0.29, 0.717) is 0 Å². The van der Waals surface area contributed by atoms with E-state index in [0.717, 1.165) is 0 Å². The van der Waals surface area contributed by atoms with Crippen LogP contribution in [0.1, 0.15) is 4.28 Å². The van der Waals surface area contributed by atoms with E-state index in [1.807, 2.05) is 0 Å². The number of hydrogen-bond donors (Lipinski definition) is 0. The molecule has 0 aromatic heterocycles. The van der Waals surface area contributed by atoms with Crippen molar-refractivity contribution < 1.29 is 89.5 Å². The fourth-order valence-corrected chi connectivity index (χ4v) is 0. The molecule has 3 radical (unpaired) electrons. The molecule has 5 heavy (non-hydrogen) atoms. The fraction of sp³-hybridized carbons (Fsp3) is 0. The predicted octanol–water partition coefficient (Wildman–Crippen LogP) is -3.43. The van der Waals surface area contributed by atoms with Crippen LogP contribution in [0.25, 0.3) is 0 Å². The van der Waals surface area contributed by atoms with Gasteiger partial charge in [-0.1, -0.05) is 0 Å². The number of rotatable bonds is 0. The monoisotopic (exact) mass is 219 g/mol. The third-order valence-electron chi connectivity index (χ3n) is 0. The van der Waals surface area contributed by atoms with Gasteiger partial charge in [-0.15, -0.1) is 0 Å². The van der Waals surface area contributed by atoms with Gasteiger partial charge in [0.2, 0.25) is 0 Å². The molecule has 0 spiro atoms. The summed E-state index contributed by atoms with van der Waals surface area (Å²) in [5.74, 6) is 0. The first-order chi connectivity index (χ1) is 0. The molecule has 0 atom stereocenters. The Kier molecular flexibility index (Phi) is 161. The zero-order valence-corrected chi connectivity index (χ0v) is 11.8. The van der Waals surface area contributed by atoms with Gasteiger partial charge in [0.05, 0.1) is 0 Å². The minimum atomic E-state index is 0. The van der Waals surface area contributed by atoms with E-state index in [4.69, 9.17) is 0 Å². The van der Waals surface area contributed by atoms with Crippen LogP contribution in [0.2, 0.25) is 0 Å². The third-order valence-corrected chi connectivity index (χ3v) is 0. The molecule has 0 bridgehead atoms. The van der Waals surface area contributed by atoms with E-state index < -0.39 is 0 Å². The molecule has 0 aliphatic carbocycles. The van der Waals surface area contributed by atoms with Crippen molar-refractivity contribution in [3.63, 3.8) is 0 Å². The summed E-state index contributed by atoms with van der Waals surface area (Å²) in [5.41, 5.74) is 0. The van der Waals surface area contributed by atoms with E-state index >= 15 is 0 Å². The molecule has 0 heterocycles. The molecule has 0 saturated carbocycles. The zero-order chi connectivity index (χ0) is 0. The zero-order valence-electron chi connectivity index (χ0n) is 6.01. The van der Waals surface area contributed by atoms with Gasteiger partial charge in [-0.25, -0.2) is 0 Å². The second-order valence-corrected chi connectivity index (χ2v) is 0. The van der Waals surface area contributed by atoms with E-state index in [1.54, 1.807) is 0 Å². The normalized spacial score (nSPS) is 0. The average Bonchev–Trinajstić information content (AvgIpc) is 0. The third kappa shape index (κ3) is 17.8. The van der Waals surface area contributed by atoms with Gasteiger partial charge in [-0.3, -0.25) is 0 Å². The van der Waals surface area contributed by atoms with Crippen molar-refractivity contribution in [2.24, 2.45) is 0 Å². The Morgan fingerprint density at radius 3 is 1.20 bits per heavy atom. The van der Waals surface area contributed by atoms with Crippen molar-refractivity contribution in [3.05, 3.63) is 0 Å². The van der Waals surface area contributed by atoms with Crippen LogP contribution in [0.3, 0.4) is 0 Å². The molecule has 0 N–H and O–H groups in total. The topological polar surface area (TPSA) is 0 Å². The second kappa shape index (κ2) is 23.7. The van der Waals surface area contributed by atoms with Crippen molar-refractivity contribution in [1.82, 2.24) is 0 Å². The summed E-state index contributed by atoms with van der Waals surface area (Å²) in [6.45, 7) is 0. The van der Waals surface area contributed by atoms with Crippen molar-refractivity contribution in [3.8, 4) is 0 Å². The Morgan fingerprint density at radius 2 is 1.20 bits per heavy atom. The van der Waals surface area contributed by atoms with Gasteiger partial charge in [0.1, 0.15) is 0 Å². The maximum absolute atomic E-state index is 0. The van der Waals surface area contributed by atoms with Crippen LogP contribution < -0.4 is 51.4 Å². The van der Waals surface area contributed by atoms with Crippen LogP contribution in [0.4, 0.5) is 0 Å². The van der Waals surface area contributed by atoms with Crippen LogP contribution in [0, 0.1) is 0 Å². The van der Waals surface area contributed by atoms with Crippen molar-refractivity contribution >= 4 is 55.1 Å². The summed E-state index contributed by atoms with van der Waals surface area (Å²) >= 11 is 0. The summed E-state index contributed by atoms with van der Waals surface area (Å²) in [6.07, 6.45) is 0. The second-order valence-electron chi connectivity index (χ2n) is 0. The van der Waals surface area contributed by atoms with Gasteiger partial charge < -0.3 is 4.28 Å². The minimum Gasteiger partial charge on any atom is -1.00 e. The molecule has 0 fully saturated rings. The molecule has 0 aromatic carbocycles. The van der Waals surface area contributed by atoms with Crippen molar-refractivity contribution in [1.29, 1.82) is 0 Å². The van der Waals surface area contributed by atoms with E-state index in [2.05, 4.69) is 0 Å². The summed E-state index contributed by atoms with van der Waals surface area (Å²) in [6, 6.07) is 0. The van der Waals surface area contributed by atoms with Crippen LogP contribution in [-0.2, 0) is 33.9 Å². The van der Waals surface area contributed by atoms with Crippen LogP contribution in [0.5, 0.6) is 0 Å². The summed E-state index contributed by atoms with van der Waals surface area (Å²) < 4.78 is 0. The van der Waals surface area contributed by atoms with Gasteiger partial charge in [0.25, 0.3) is 0 Å². The molecule has 25 valence electrons. The minimum absolute atomic E-state index is 0. The quantitative estimate of drug-likeness (QED) is 0.373.